The average molecular weight is 458 g/mol. The fourth-order valence-corrected chi connectivity index (χ4v) is 3.52. The van der Waals surface area contributed by atoms with Crippen LogP contribution in [0.15, 0.2) is 35.2 Å². The van der Waals surface area contributed by atoms with E-state index in [2.05, 4.69) is 0 Å². The molecule has 0 aromatic heterocycles. The SMILES string of the molecule is O=S(=O)(Cl)c1ccccc1.O=S(=O)(NS(=O)(=O)C(F)(F)F)C(F)(F)F. The van der Waals surface area contributed by atoms with Crippen molar-refractivity contribution < 1.29 is 51.6 Å². The van der Waals surface area contributed by atoms with Crippen LogP contribution in [0.5, 0.6) is 0 Å². The van der Waals surface area contributed by atoms with E-state index in [-0.39, 0.29) is 4.90 Å². The monoisotopic (exact) mass is 457 g/mol. The van der Waals surface area contributed by atoms with Gasteiger partial charge in [0.2, 0.25) is 0 Å². The predicted molar refractivity (Wildman–Crippen MR) is 72.6 cm³/mol. The van der Waals surface area contributed by atoms with Gasteiger partial charge in [0.05, 0.1) is 4.90 Å². The van der Waals surface area contributed by atoms with Crippen LogP contribution in [0.2, 0.25) is 0 Å². The molecule has 0 saturated carbocycles. The third-order valence-electron chi connectivity index (χ3n) is 1.85. The van der Waals surface area contributed by atoms with Crippen molar-refractivity contribution in [3.63, 3.8) is 0 Å². The maximum absolute atomic E-state index is 11.5. The lowest BCUT2D eigenvalue weighted by atomic mass is 10.4. The minimum atomic E-state index is -6.60. The summed E-state index contributed by atoms with van der Waals surface area (Å²) >= 11 is 0. The minimum absolute atomic E-state index is 0.136. The lowest BCUT2D eigenvalue weighted by molar-refractivity contribution is -0.0476. The van der Waals surface area contributed by atoms with Crippen molar-refractivity contribution in [2.45, 2.75) is 15.9 Å². The number of hydrogen-bond acceptors (Lipinski definition) is 6. The van der Waals surface area contributed by atoms with Crippen molar-refractivity contribution in [2.75, 3.05) is 0 Å². The number of nitrogens with one attached hydrogen (secondary N) is 1. The molecule has 1 rings (SSSR count). The van der Waals surface area contributed by atoms with Gasteiger partial charge in [-0.05, 0) is 12.1 Å². The van der Waals surface area contributed by atoms with E-state index in [0.29, 0.717) is 0 Å². The van der Waals surface area contributed by atoms with E-state index in [1.165, 1.54) is 12.1 Å². The summed E-state index contributed by atoms with van der Waals surface area (Å²) in [6.07, 6.45) is 0. The molecule has 1 aromatic rings. The van der Waals surface area contributed by atoms with Gasteiger partial charge in [-0.25, -0.2) is 25.3 Å². The zero-order valence-corrected chi connectivity index (χ0v) is 14.4. The molecule has 146 valence electrons. The number of hydrogen-bond donors (Lipinski definition) is 1. The number of halogens is 7. The maximum Gasteiger partial charge on any atom is 0.512 e. The van der Waals surface area contributed by atoms with Crippen LogP contribution in [-0.2, 0) is 29.1 Å². The average Bonchev–Trinajstić information content (AvgIpc) is 2.35. The van der Waals surface area contributed by atoms with E-state index in [1.54, 1.807) is 18.2 Å². The van der Waals surface area contributed by atoms with Crippen LogP contribution < -0.4 is 4.13 Å². The smallest absolute Gasteiger partial charge is 0.207 e. The maximum atomic E-state index is 11.5. The predicted octanol–water partition coefficient (Wildman–Crippen LogP) is 1.89. The number of benzene rings is 1. The van der Waals surface area contributed by atoms with Crippen molar-refractivity contribution in [3.8, 4) is 0 Å². The summed E-state index contributed by atoms with van der Waals surface area (Å²) in [5.74, 6) is 0. The zero-order valence-electron chi connectivity index (χ0n) is 11.2. The Kier molecular flexibility index (Phi) is 7.31. The van der Waals surface area contributed by atoms with E-state index in [0.717, 1.165) is 0 Å². The molecule has 0 aliphatic heterocycles. The van der Waals surface area contributed by atoms with Crippen molar-refractivity contribution in [1.82, 2.24) is 4.13 Å². The topological polar surface area (TPSA) is 114 Å². The highest BCUT2D eigenvalue weighted by molar-refractivity contribution is 8.13. The summed E-state index contributed by atoms with van der Waals surface area (Å²) in [5.41, 5.74) is -12.3. The number of alkyl halides is 6. The first-order valence-electron chi connectivity index (χ1n) is 5.22. The Hall–Kier alpha value is -1.10. The van der Waals surface area contributed by atoms with Gasteiger partial charge in [-0.1, -0.05) is 22.3 Å². The molecule has 0 bridgehead atoms. The van der Waals surface area contributed by atoms with Gasteiger partial charge in [-0.2, -0.15) is 26.3 Å². The van der Waals surface area contributed by atoms with Crippen LogP contribution >= 0.6 is 10.7 Å². The Morgan fingerprint density at radius 3 is 1.24 bits per heavy atom. The largest absolute Gasteiger partial charge is 0.512 e. The molecule has 0 aliphatic rings. The van der Waals surface area contributed by atoms with Gasteiger partial charge in [0.1, 0.15) is 0 Å². The molecule has 0 aliphatic carbocycles. The molecular weight excluding hydrogens is 452 g/mol. The van der Waals surface area contributed by atoms with Gasteiger partial charge < -0.3 is 0 Å². The lowest BCUT2D eigenvalue weighted by Crippen LogP contribution is -2.45. The van der Waals surface area contributed by atoms with Crippen LogP contribution in [0.4, 0.5) is 26.3 Å². The molecule has 1 N–H and O–H groups in total. The highest BCUT2D eigenvalue weighted by atomic mass is 35.7. The van der Waals surface area contributed by atoms with Crippen molar-refractivity contribution in [1.29, 1.82) is 0 Å². The molecule has 0 atom stereocenters. The second-order valence-electron chi connectivity index (χ2n) is 3.73. The first-order valence-corrected chi connectivity index (χ1v) is 10.5. The van der Waals surface area contributed by atoms with Crippen LogP contribution in [0.25, 0.3) is 0 Å². The Morgan fingerprint density at radius 1 is 0.720 bits per heavy atom. The molecule has 0 amide bonds. The quantitative estimate of drug-likeness (QED) is 0.547. The van der Waals surface area contributed by atoms with E-state index in [1.807, 2.05) is 0 Å². The van der Waals surface area contributed by atoms with E-state index in [9.17, 15) is 51.6 Å². The highest BCUT2D eigenvalue weighted by Crippen LogP contribution is 2.27. The molecule has 25 heavy (non-hydrogen) atoms. The summed E-state index contributed by atoms with van der Waals surface area (Å²) < 4.78 is 130. The summed E-state index contributed by atoms with van der Waals surface area (Å²) in [6, 6.07) is 7.86. The number of sulfonamides is 2. The van der Waals surface area contributed by atoms with Gasteiger partial charge in [-0.15, -0.1) is 0 Å². The molecule has 0 fully saturated rings. The fourth-order valence-electron chi connectivity index (χ4n) is 0.822. The van der Waals surface area contributed by atoms with Crippen molar-refractivity contribution in [2.24, 2.45) is 0 Å². The van der Waals surface area contributed by atoms with Gasteiger partial charge in [-0.3, -0.25) is 0 Å². The molecule has 17 heteroatoms. The summed E-state index contributed by atoms with van der Waals surface area (Å²) in [4.78, 5) is 0.136. The molecule has 7 nitrogen and oxygen atoms in total. The first-order chi connectivity index (χ1) is 10.8. The molecule has 0 heterocycles. The fraction of sp³-hybridized carbons (Fsp3) is 0.250. The highest BCUT2D eigenvalue weighted by Gasteiger charge is 2.55. The Bertz CT molecular complexity index is 850. The summed E-state index contributed by atoms with van der Waals surface area (Å²) in [5, 5.41) is 0. The normalized spacial score (nSPS) is 13.7. The standard InChI is InChI=1S/C6H5ClO2S.C2HF6NO4S2/c7-10(8,9)6-4-2-1-3-5-6;3-1(4,5)14(10,11)9-15(12,13)2(6,7)8/h1-5H;9H. The molecular formula is C8H6ClF6NO6S3. The number of rotatable bonds is 3. The van der Waals surface area contributed by atoms with Gasteiger partial charge in [0, 0.05) is 10.7 Å². The molecule has 0 unspecified atom stereocenters. The third kappa shape index (κ3) is 7.35. The molecule has 0 saturated heterocycles. The van der Waals surface area contributed by atoms with Crippen LogP contribution in [0, 0.1) is 0 Å². The summed E-state index contributed by atoms with van der Waals surface area (Å²) in [6.45, 7) is 0. The summed E-state index contributed by atoms with van der Waals surface area (Å²) in [7, 11) is -11.7. The molecule has 0 radical (unpaired) electrons. The van der Waals surface area contributed by atoms with Crippen molar-refractivity contribution in [3.05, 3.63) is 30.3 Å². The van der Waals surface area contributed by atoms with Crippen LogP contribution in [0.3, 0.4) is 0 Å². The first kappa shape index (κ1) is 23.9. The lowest BCUT2D eigenvalue weighted by Gasteiger charge is -2.11. The van der Waals surface area contributed by atoms with E-state index in [4.69, 9.17) is 10.7 Å². The minimum Gasteiger partial charge on any atom is -0.207 e. The van der Waals surface area contributed by atoms with Gasteiger partial charge in [0.25, 0.3) is 9.05 Å². The third-order valence-corrected chi connectivity index (χ3v) is 6.20. The van der Waals surface area contributed by atoms with Crippen LogP contribution in [0.1, 0.15) is 0 Å². The van der Waals surface area contributed by atoms with E-state index < -0.39 is 44.2 Å². The second kappa shape index (κ2) is 7.65. The zero-order chi connectivity index (χ0) is 20.3. The second-order valence-corrected chi connectivity index (χ2v) is 9.90. The van der Waals surface area contributed by atoms with Crippen LogP contribution in [-0.4, -0.2) is 36.3 Å². The van der Waals surface area contributed by atoms with Gasteiger partial charge >= 0.3 is 31.1 Å². The molecule has 0 spiro atoms. The molecule has 1 aromatic carbocycles. The van der Waals surface area contributed by atoms with Crippen molar-refractivity contribution >= 4 is 39.8 Å². The Morgan fingerprint density at radius 2 is 1.04 bits per heavy atom. The van der Waals surface area contributed by atoms with E-state index >= 15 is 0 Å². The Labute approximate surface area is 142 Å². The Balaban J connectivity index is 0.000000496. The van der Waals surface area contributed by atoms with Gasteiger partial charge in [0.15, 0.2) is 0 Å².